The summed E-state index contributed by atoms with van der Waals surface area (Å²) in [5.74, 6) is 1.70. The third-order valence-electron chi connectivity index (χ3n) is 2.86. The minimum absolute atomic E-state index is 0.565. The van der Waals surface area contributed by atoms with Crippen molar-refractivity contribution in [2.24, 2.45) is 17.6 Å². The average Bonchev–Trinajstić information content (AvgIpc) is 2.01. The van der Waals surface area contributed by atoms with Crippen LogP contribution in [0.2, 0.25) is 0 Å². The monoisotopic (exact) mass is 170 g/mol. The highest BCUT2D eigenvalue weighted by Gasteiger charge is 2.24. The first-order chi connectivity index (χ1) is 5.63. The summed E-state index contributed by atoms with van der Waals surface area (Å²) in [6.45, 7) is 10.2. The van der Waals surface area contributed by atoms with Gasteiger partial charge in [-0.1, -0.05) is 13.8 Å². The van der Waals surface area contributed by atoms with E-state index in [1.807, 2.05) is 0 Å². The van der Waals surface area contributed by atoms with Gasteiger partial charge in [-0.25, -0.2) is 0 Å². The molecule has 2 nitrogen and oxygen atoms in total. The van der Waals surface area contributed by atoms with Crippen molar-refractivity contribution in [2.75, 3.05) is 19.6 Å². The largest absolute Gasteiger partial charge is 0.329 e. The molecule has 0 spiro atoms. The molecule has 0 aromatic carbocycles. The maximum absolute atomic E-state index is 5.65. The summed E-state index contributed by atoms with van der Waals surface area (Å²) < 4.78 is 0. The van der Waals surface area contributed by atoms with Gasteiger partial charge in [0.25, 0.3) is 0 Å². The number of hydrogen-bond donors (Lipinski definition) is 1. The van der Waals surface area contributed by atoms with Crippen molar-refractivity contribution in [3.8, 4) is 0 Å². The van der Waals surface area contributed by atoms with E-state index in [0.29, 0.717) is 6.04 Å². The summed E-state index contributed by atoms with van der Waals surface area (Å²) >= 11 is 0. The molecular weight excluding hydrogens is 148 g/mol. The Balaban J connectivity index is 2.43. The van der Waals surface area contributed by atoms with Gasteiger partial charge >= 0.3 is 0 Å². The minimum atomic E-state index is 0.565. The molecule has 0 aliphatic carbocycles. The highest BCUT2D eigenvalue weighted by molar-refractivity contribution is 4.78. The molecule has 0 amide bonds. The lowest BCUT2D eigenvalue weighted by molar-refractivity contribution is 0.106. The number of nitrogens with zero attached hydrogens (tertiary/aromatic N) is 1. The molecule has 1 rings (SSSR count). The van der Waals surface area contributed by atoms with E-state index in [2.05, 4.69) is 25.7 Å². The quantitative estimate of drug-likeness (QED) is 0.677. The Morgan fingerprint density at radius 1 is 1.33 bits per heavy atom. The molecular formula is C10H22N2. The molecule has 12 heavy (non-hydrogen) atoms. The lowest BCUT2D eigenvalue weighted by atomic mass is 9.91. The molecule has 2 heteroatoms. The van der Waals surface area contributed by atoms with Crippen LogP contribution in [0, 0.1) is 11.8 Å². The molecule has 1 fully saturated rings. The topological polar surface area (TPSA) is 29.3 Å². The van der Waals surface area contributed by atoms with Crippen LogP contribution < -0.4 is 5.73 Å². The van der Waals surface area contributed by atoms with Gasteiger partial charge in [0.05, 0.1) is 0 Å². The van der Waals surface area contributed by atoms with Crippen molar-refractivity contribution < 1.29 is 0 Å². The Bertz CT molecular complexity index is 126. The molecule has 1 heterocycles. The molecule has 0 unspecified atom stereocenters. The number of hydrogen-bond acceptors (Lipinski definition) is 2. The summed E-state index contributed by atoms with van der Waals surface area (Å²) in [7, 11) is 0. The van der Waals surface area contributed by atoms with Gasteiger partial charge in [0.1, 0.15) is 0 Å². The fraction of sp³-hybridized carbons (Fsp3) is 1.00. The molecule has 1 aliphatic rings. The predicted octanol–water partition coefficient (Wildman–Crippen LogP) is 1.31. The Hall–Kier alpha value is -0.0800. The first kappa shape index (κ1) is 10.0. The standard InChI is InChI=1S/C10H22N2/c1-8-4-9(2)7-12(6-8)10(3)5-11/h8-10H,4-7,11H2,1-3H3/t8-,9+,10-/m0/s1. The Kier molecular flexibility index (Phi) is 3.53. The number of rotatable bonds is 2. The third kappa shape index (κ3) is 2.46. The minimum Gasteiger partial charge on any atom is -0.329 e. The molecule has 0 aromatic rings. The first-order valence-corrected chi connectivity index (χ1v) is 5.07. The zero-order valence-corrected chi connectivity index (χ0v) is 8.59. The second-order valence-electron chi connectivity index (χ2n) is 4.48. The second kappa shape index (κ2) is 4.24. The van der Waals surface area contributed by atoms with E-state index in [-0.39, 0.29) is 0 Å². The van der Waals surface area contributed by atoms with Gasteiger partial charge in [0.2, 0.25) is 0 Å². The smallest absolute Gasteiger partial charge is 0.0190 e. The van der Waals surface area contributed by atoms with Crippen LogP contribution in [0.5, 0.6) is 0 Å². The molecule has 0 bridgehead atoms. The zero-order valence-electron chi connectivity index (χ0n) is 8.59. The van der Waals surface area contributed by atoms with E-state index in [1.54, 1.807) is 0 Å². The van der Waals surface area contributed by atoms with Crippen molar-refractivity contribution in [2.45, 2.75) is 33.2 Å². The number of likely N-dealkylation sites (tertiary alicyclic amines) is 1. The normalized spacial score (nSPS) is 35.0. The van der Waals surface area contributed by atoms with Gasteiger partial charge in [0, 0.05) is 25.7 Å². The molecule has 72 valence electrons. The maximum atomic E-state index is 5.65. The summed E-state index contributed by atoms with van der Waals surface area (Å²) in [5, 5.41) is 0. The van der Waals surface area contributed by atoms with Gasteiger partial charge in [-0.15, -0.1) is 0 Å². The SMILES string of the molecule is C[C@@H]1C[C@H](C)CN([C@@H](C)CN)C1. The van der Waals surface area contributed by atoms with E-state index in [1.165, 1.54) is 19.5 Å². The fourth-order valence-electron chi connectivity index (χ4n) is 2.22. The van der Waals surface area contributed by atoms with Gasteiger partial charge in [-0.05, 0) is 25.2 Å². The lowest BCUT2D eigenvalue weighted by Crippen LogP contribution is -2.46. The number of nitrogens with two attached hydrogens (primary N) is 1. The highest BCUT2D eigenvalue weighted by Crippen LogP contribution is 2.21. The van der Waals surface area contributed by atoms with E-state index in [0.717, 1.165) is 18.4 Å². The summed E-state index contributed by atoms with van der Waals surface area (Å²) in [4.78, 5) is 2.53. The molecule has 3 atom stereocenters. The Morgan fingerprint density at radius 3 is 2.25 bits per heavy atom. The lowest BCUT2D eigenvalue weighted by Gasteiger charge is -2.38. The predicted molar refractivity (Wildman–Crippen MR) is 53.0 cm³/mol. The average molecular weight is 170 g/mol. The fourth-order valence-corrected chi connectivity index (χ4v) is 2.22. The molecule has 0 aromatic heterocycles. The third-order valence-corrected chi connectivity index (χ3v) is 2.86. The molecule has 0 saturated carbocycles. The summed E-state index contributed by atoms with van der Waals surface area (Å²) in [6.07, 6.45) is 1.38. The zero-order chi connectivity index (χ0) is 9.14. The first-order valence-electron chi connectivity index (χ1n) is 5.07. The highest BCUT2D eigenvalue weighted by atomic mass is 15.2. The van der Waals surface area contributed by atoms with Crippen LogP contribution in [-0.4, -0.2) is 30.6 Å². The number of piperidine rings is 1. The Labute approximate surface area is 76.1 Å². The van der Waals surface area contributed by atoms with Crippen LogP contribution in [0.1, 0.15) is 27.2 Å². The van der Waals surface area contributed by atoms with E-state index in [4.69, 9.17) is 5.73 Å². The van der Waals surface area contributed by atoms with Crippen LogP contribution in [0.3, 0.4) is 0 Å². The summed E-state index contributed by atoms with van der Waals surface area (Å²) in [6, 6.07) is 0.565. The van der Waals surface area contributed by atoms with Crippen LogP contribution >= 0.6 is 0 Å². The van der Waals surface area contributed by atoms with E-state index in [9.17, 15) is 0 Å². The van der Waals surface area contributed by atoms with E-state index >= 15 is 0 Å². The molecule has 2 N–H and O–H groups in total. The van der Waals surface area contributed by atoms with Crippen molar-refractivity contribution in [1.29, 1.82) is 0 Å². The van der Waals surface area contributed by atoms with Crippen LogP contribution in [-0.2, 0) is 0 Å². The second-order valence-corrected chi connectivity index (χ2v) is 4.48. The van der Waals surface area contributed by atoms with Gasteiger partial charge in [-0.2, -0.15) is 0 Å². The van der Waals surface area contributed by atoms with Gasteiger partial charge in [-0.3, -0.25) is 4.90 Å². The van der Waals surface area contributed by atoms with Gasteiger partial charge < -0.3 is 5.73 Å². The van der Waals surface area contributed by atoms with Crippen LogP contribution in [0.25, 0.3) is 0 Å². The van der Waals surface area contributed by atoms with Crippen LogP contribution in [0.4, 0.5) is 0 Å². The summed E-state index contributed by atoms with van der Waals surface area (Å²) in [5.41, 5.74) is 5.65. The Morgan fingerprint density at radius 2 is 1.83 bits per heavy atom. The molecule has 1 saturated heterocycles. The van der Waals surface area contributed by atoms with Crippen LogP contribution in [0.15, 0.2) is 0 Å². The van der Waals surface area contributed by atoms with Crippen molar-refractivity contribution >= 4 is 0 Å². The molecule has 0 radical (unpaired) electrons. The van der Waals surface area contributed by atoms with Crippen molar-refractivity contribution in [3.05, 3.63) is 0 Å². The van der Waals surface area contributed by atoms with Gasteiger partial charge in [0.15, 0.2) is 0 Å². The van der Waals surface area contributed by atoms with Crippen molar-refractivity contribution in [1.82, 2.24) is 4.90 Å². The van der Waals surface area contributed by atoms with Crippen molar-refractivity contribution in [3.63, 3.8) is 0 Å². The van der Waals surface area contributed by atoms with E-state index < -0.39 is 0 Å². The maximum Gasteiger partial charge on any atom is 0.0190 e. The molecule has 1 aliphatic heterocycles.